The van der Waals surface area contributed by atoms with Crippen molar-refractivity contribution in [3.63, 3.8) is 0 Å². The zero-order chi connectivity index (χ0) is 11.3. The summed E-state index contributed by atoms with van der Waals surface area (Å²) in [6, 6.07) is 5.99. The van der Waals surface area contributed by atoms with Crippen LogP contribution < -0.4 is 11.5 Å². The number of nitrogens with one attached hydrogen (secondary N) is 1. The second-order valence-corrected chi connectivity index (χ2v) is 4.67. The smallest absolute Gasteiger partial charge is 0.408 e. The third-order valence-electron chi connectivity index (χ3n) is 3.66. The number of fused-ring (bicyclic) bond motifs is 1. The minimum absolute atomic E-state index is 0.101. The molecule has 2 aromatic rings. The Morgan fingerprint density at radius 3 is 2.88 bits per heavy atom. The van der Waals surface area contributed by atoms with Crippen LogP contribution in [0.5, 0.6) is 0 Å². The summed E-state index contributed by atoms with van der Waals surface area (Å²) in [7, 11) is 0. The Morgan fingerprint density at radius 1 is 1.50 bits per heavy atom. The number of aromatic nitrogens is 1. The van der Waals surface area contributed by atoms with Crippen LogP contribution in [-0.4, -0.2) is 11.0 Å². The second kappa shape index (κ2) is 2.98. The molecule has 4 nitrogen and oxygen atoms in total. The molecule has 1 atom stereocenters. The van der Waals surface area contributed by atoms with Gasteiger partial charge < -0.3 is 10.2 Å². The number of H-pyrrole nitrogens is 1. The maximum atomic E-state index is 11.1. The van der Waals surface area contributed by atoms with Crippen molar-refractivity contribution in [2.75, 3.05) is 0 Å². The van der Waals surface area contributed by atoms with E-state index in [1.165, 1.54) is 5.56 Å². The lowest BCUT2D eigenvalue weighted by atomic mass is 9.89. The minimum atomic E-state index is -0.405. The first kappa shape index (κ1) is 9.66. The van der Waals surface area contributed by atoms with Gasteiger partial charge >= 0.3 is 5.76 Å². The molecule has 16 heavy (non-hydrogen) atoms. The number of nitrogens with two attached hydrogens (primary N) is 1. The molecule has 1 heterocycles. The minimum Gasteiger partial charge on any atom is -0.408 e. The fourth-order valence-corrected chi connectivity index (χ4v) is 2.40. The fraction of sp³-hybridized carbons (Fsp3) is 0.417. The molecule has 0 saturated heterocycles. The van der Waals surface area contributed by atoms with Crippen molar-refractivity contribution in [1.82, 2.24) is 4.98 Å². The molecular formula is C12H14N2O2. The highest BCUT2D eigenvalue weighted by atomic mass is 16.4. The van der Waals surface area contributed by atoms with Crippen molar-refractivity contribution in [2.45, 2.75) is 31.2 Å². The molecule has 1 aromatic carbocycles. The number of aromatic amines is 1. The average Bonchev–Trinajstić information content (AvgIpc) is 2.95. The van der Waals surface area contributed by atoms with E-state index < -0.39 is 5.76 Å². The molecule has 3 N–H and O–H groups in total. The maximum absolute atomic E-state index is 11.1. The van der Waals surface area contributed by atoms with Gasteiger partial charge in [-0.25, -0.2) is 4.79 Å². The van der Waals surface area contributed by atoms with Gasteiger partial charge in [0, 0.05) is 11.5 Å². The molecule has 0 amide bonds. The molecule has 0 radical (unpaired) electrons. The first-order valence-corrected chi connectivity index (χ1v) is 5.51. The van der Waals surface area contributed by atoms with Gasteiger partial charge in [-0.1, -0.05) is 6.07 Å². The standard InChI is InChI=1S/C12H14N2O2/c1-7(13)12(4-5-12)8-2-3-9-10(6-8)16-11(15)14-9/h2-3,6-7H,4-5,13H2,1H3,(H,14,15). The van der Waals surface area contributed by atoms with Crippen molar-refractivity contribution < 1.29 is 4.42 Å². The molecule has 1 aromatic heterocycles. The number of hydrogen-bond donors (Lipinski definition) is 2. The zero-order valence-electron chi connectivity index (χ0n) is 9.12. The summed E-state index contributed by atoms with van der Waals surface area (Å²) in [5, 5.41) is 0. The molecule has 1 aliphatic carbocycles. The van der Waals surface area contributed by atoms with E-state index in [0.29, 0.717) is 5.58 Å². The van der Waals surface area contributed by atoms with Gasteiger partial charge in [-0.3, -0.25) is 4.98 Å². The molecule has 1 saturated carbocycles. The largest absolute Gasteiger partial charge is 0.417 e. The summed E-state index contributed by atoms with van der Waals surface area (Å²) in [4.78, 5) is 13.7. The molecule has 1 fully saturated rings. The lowest BCUT2D eigenvalue weighted by Gasteiger charge is -2.19. The SMILES string of the molecule is CC(N)C1(c2ccc3[nH]c(=O)oc3c2)CC1. The molecule has 4 heteroatoms. The van der Waals surface area contributed by atoms with Crippen molar-refractivity contribution in [3.8, 4) is 0 Å². The first-order valence-electron chi connectivity index (χ1n) is 5.51. The highest BCUT2D eigenvalue weighted by molar-refractivity contribution is 5.73. The van der Waals surface area contributed by atoms with Crippen LogP contribution in [0.4, 0.5) is 0 Å². The normalized spacial score (nSPS) is 19.9. The molecule has 1 aliphatic rings. The Morgan fingerprint density at radius 2 is 2.25 bits per heavy atom. The van der Waals surface area contributed by atoms with E-state index in [4.69, 9.17) is 10.2 Å². The van der Waals surface area contributed by atoms with E-state index in [9.17, 15) is 4.79 Å². The molecule has 3 rings (SSSR count). The van der Waals surface area contributed by atoms with E-state index >= 15 is 0 Å². The van der Waals surface area contributed by atoms with E-state index in [1.54, 1.807) is 0 Å². The molecule has 84 valence electrons. The highest BCUT2D eigenvalue weighted by Gasteiger charge is 2.47. The molecule has 0 bridgehead atoms. The third kappa shape index (κ3) is 1.23. The Balaban J connectivity index is 2.15. The number of oxazole rings is 1. The van der Waals surface area contributed by atoms with Gasteiger partial charge in [-0.2, -0.15) is 0 Å². The molecule has 0 spiro atoms. The fourth-order valence-electron chi connectivity index (χ4n) is 2.40. The van der Waals surface area contributed by atoms with Crippen LogP contribution in [-0.2, 0) is 5.41 Å². The summed E-state index contributed by atoms with van der Waals surface area (Å²) < 4.78 is 5.06. The summed E-state index contributed by atoms with van der Waals surface area (Å²) >= 11 is 0. The number of hydrogen-bond acceptors (Lipinski definition) is 3. The van der Waals surface area contributed by atoms with Crippen LogP contribution in [0.25, 0.3) is 11.1 Å². The van der Waals surface area contributed by atoms with Gasteiger partial charge in [0.25, 0.3) is 0 Å². The zero-order valence-corrected chi connectivity index (χ0v) is 9.12. The predicted molar refractivity (Wildman–Crippen MR) is 61.4 cm³/mol. The third-order valence-corrected chi connectivity index (χ3v) is 3.66. The summed E-state index contributed by atoms with van der Waals surface area (Å²) in [5.41, 5.74) is 8.66. The van der Waals surface area contributed by atoms with Crippen LogP contribution >= 0.6 is 0 Å². The van der Waals surface area contributed by atoms with E-state index in [-0.39, 0.29) is 11.5 Å². The Labute approximate surface area is 92.4 Å². The maximum Gasteiger partial charge on any atom is 0.417 e. The quantitative estimate of drug-likeness (QED) is 0.802. The monoisotopic (exact) mass is 218 g/mol. The van der Waals surface area contributed by atoms with Gasteiger partial charge in [-0.15, -0.1) is 0 Å². The van der Waals surface area contributed by atoms with Gasteiger partial charge in [0.1, 0.15) is 0 Å². The van der Waals surface area contributed by atoms with Crippen molar-refractivity contribution >= 4 is 11.1 Å². The topological polar surface area (TPSA) is 72.0 Å². The Hall–Kier alpha value is -1.55. The highest BCUT2D eigenvalue weighted by Crippen LogP contribution is 2.50. The predicted octanol–water partition coefficient (Wildman–Crippen LogP) is 1.50. The number of benzene rings is 1. The van der Waals surface area contributed by atoms with E-state index in [1.807, 2.05) is 25.1 Å². The lowest BCUT2D eigenvalue weighted by Crippen LogP contribution is -2.31. The lowest BCUT2D eigenvalue weighted by molar-refractivity contribution is 0.544. The van der Waals surface area contributed by atoms with Crippen LogP contribution in [0.15, 0.2) is 27.4 Å². The second-order valence-electron chi connectivity index (χ2n) is 4.67. The van der Waals surface area contributed by atoms with E-state index in [0.717, 1.165) is 18.4 Å². The average molecular weight is 218 g/mol. The molecule has 0 aliphatic heterocycles. The Kier molecular flexibility index (Phi) is 1.80. The molecule has 1 unspecified atom stereocenters. The first-order chi connectivity index (χ1) is 7.62. The summed E-state index contributed by atoms with van der Waals surface area (Å²) in [6.07, 6.45) is 2.23. The Bertz CT molecular complexity index is 590. The van der Waals surface area contributed by atoms with Crippen molar-refractivity contribution in [1.29, 1.82) is 0 Å². The van der Waals surface area contributed by atoms with Gasteiger partial charge in [-0.05, 0) is 37.5 Å². The van der Waals surface area contributed by atoms with Crippen molar-refractivity contribution in [2.24, 2.45) is 5.73 Å². The van der Waals surface area contributed by atoms with Crippen LogP contribution in [0.3, 0.4) is 0 Å². The van der Waals surface area contributed by atoms with Crippen LogP contribution in [0.1, 0.15) is 25.3 Å². The number of rotatable bonds is 2. The van der Waals surface area contributed by atoms with Crippen LogP contribution in [0.2, 0.25) is 0 Å². The van der Waals surface area contributed by atoms with Gasteiger partial charge in [0.15, 0.2) is 5.58 Å². The van der Waals surface area contributed by atoms with Crippen LogP contribution in [0, 0.1) is 0 Å². The summed E-state index contributed by atoms with van der Waals surface area (Å²) in [5.74, 6) is -0.405. The van der Waals surface area contributed by atoms with E-state index in [2.05, 4.69) is 4.98 Å². The van der Waals surface area contributed by atoms with Gasteiger partial charge in [0.05, 0.1) is 5.52 Å². The van der Waals surface area contributed by atoms with Crippen molar-refractivity contribution in [3.05, 3.63) is 34.3 Å². The molecular weight excluding hydrogens is 204 g/mol. The van der Waals surface area contributed by atoms with Gasteiger partial charge in [0.2, 0.25) is 0 Å². The summed E-state index contributed by atoms with van der Waals surface area (Å²) in [6.45, 7) is 2.03.